The molecule has 6 heteroatoms. The van der Waals surface area contributed by atoms with Crippen LogP contribution < -0.4 is 11.1 Å². The lowest BCUT2D eigenvalue weighted by Gasteiger charge is -2.18. The molecule has 11 heavy (non-hydrogen) atoms. The molecule has 1 aliphatic heterocycles. The Kier molecular flexibility index (Phi) is 2.38. The third kappa shape index (κ3) is 1.34. The summed E-state index contributed by atoms with van der Waals surface area (Å²) in [6, 6.07) is 0. The van der Waals surface area contributed by atoms with Crippen LogP contribution in [0.5, 0.6) is 0 Å². The van der Waals surface area contributed by atoms with Gasteiger partial charge in [-0.1, -0.05) is 11.8 Å². The zero-order chi connectivity index (χ0) is 8.48. The van der Waals surface area contributed by atoms with Crippen LogP contribution in [0.25, 0.3) is 0 Å². The van der Waals surface area contributed by atoms with Gasteiger partial charge in [0.1, 0.15) is 10.2 Å². The molecule has 0 saturated carbocycles. The summed E-state index contributed by atoms with van der Waals surface area (Å²) in [5, 5.41) is 20.0. The normalized spacial score (nSPS) is 28.6. The lowest BCUT2D eigenvalue weighted by molar-refractivity contribution is -0.124. The maximum absolute atomic E-state index is 11.0. The molecular weight excluding hydrogens is 168 g/mol. The number of amides is 1. The first-order chi connectivity index (χ1) is 5.14. The van der Waals surface area contributed by atoms with Gasteiger partial charge in [0.25, 0.3) is 0 Å². The van der Waals surface area contributed by atoms with Crippen LogP contribution in [0.3, 0.4) is 0 Å². The molecule has 1 rings (SSSR count). The molecule has 1 aliphatic rings. The van der Waals surface area contributed by atoms with Crippen molar-refractivity contribution in [2.75, 3.05) is 13.2 Å². The molecule has 0 spiro atoms. The van der Waals surface area contributed by atoms with Gasteiger partial charge in [-0.25, -0.2) is 0 Å². The smallest absolute Gasteiger partial charge is 0.242 e. The Labute approximate surface area is 68.0 Å². The molecular formula is C5H10N2O3S. The van der Waals surface area contributed by atoms with Gasteiger partial charge in [0.15, 0.2) is 0 Å². The van der Waals surface area contributed by atoms with E-state index in [0.717, 1.165) is 11.8 Å². The average molecular weight is 178 g/mol. The number of carbonyl (C=O) groups excluding carboxylic acids is 1. The molecule has 0 aromatic carbocycles. The van der Waals surface area contributed by atoms with Gasteiger partial charge in [-0.15, -0.1) is 0 Å². The summed E-state index contributed by atoms with van der Waals surface area (Å²) in [5.41, 5.74) is 4.83. The highest BCUT2D eigenvalue weighted by Crippen LogP contribution is 2.31. The number of thioether (sulfide) groups is 1. The highest BCUT2D eigenvalue weighted by atomic mass is 32.2. The SMILES string of the molecule is N[C@@H]1NC(=O)C(CO)(CO)S1. The van der Waals surface area contributed by atoms with E-state index in [2.05, 4.69) is 5.32 Å². The summed E-state index contributed by atoms with van der Waals surface area (Å²) >= 11 is 1.04. The molecule has 64 valence electrons. The molecule has 0 unspecified atom stereocenters. The van der Waals surface area contributed by atoms with Gasteiger partial charge in [-0.05, 0) is 0 Å². The minimum Gasteiger partial charge on any atom is -0.394 e. The molecule has 0 bridgehead atoms. The first-order valence-electron chi connectivity index (χ1n) is 3.11. The molecule has 0 radical (unpaired) electrons. The Balaban J connectivity index is 2.76. The summed E-state index contributed by atoms with van der Waals surface area (Å²) in [4.78, 5) is 11.0. The van der Waals surface area contributed by atoms with Crippen LogP contribution in [0.2, 0.25) is 0 Å². The largest absolute Gasteiger partial charge is 0.394 e. The van der Waals surface area contributed by atoms with E-state index in [4.69, 9.17) is 15.9 Å². The summed E-state index contributed by atoms with van der Waals surface area (Å²) in [6.07, 6.45) is 0. The molecule has 0 aliphatic carbocycles. The number of carbonyl (C=O) groups is 1. The summed E-state index contributed by atoms with van der Waals surface area (Å²) in [6.45, 7) is -0.790. The molecule has 0 aromatic rings. The highest BCUT2D eigenvalue weighted by molar-refractivity contribution is 8.02. The number of hydrogen-bond donors (Lipinski definition) is 4. The first kappa shape index (κ1) is 8.79. The van der Waals surface area contributed by atoms with E-state index < -0.39 is 29.4 Å². The summed E-state index contributed by atoms with van der Waals surface area (Å²) in [5.74, 6) is -0.403. The van der Waals surface area contributed by atoms with Crippen LogP contribution in [-0.4, -0.2) is 39.6 Å². The van der Waals surface area contributed by atoms with Crippen LogP contribution in [0.1, 0.15) is 0 Å². The van der Waals surface area contributed by atoms with Gasteiger partial charge in [0.05, 0.1) is 13.2 Å². The van der Waals surface area contributed by atoms with E-state index in [0.29, 0.717) is 0 Å². The van der Waals surface area contributed by atoms with Gasteiger partial charge in [-0.2, -0.15) is 0 Å². The molecule has 1 fully saturated rings. The minimum atomic E-state index is -1.14. The average Bonchev–Trinajstić information content (AvgIpc) is 2.27. The number of hydrogen-bond acceptors (Lipinski definition) is 5. The van der Waals surface area contributed by atoms with E-state index in [1.165, 1.54) is 0 Å². The number of aliphatic hydroxyl groups excluding tert-OH is 2. The van der Waals surface area contributed by atoms with E-state index >= 15 is 0 Å². The van der Waals surface area contributed by atoms with Crippen molar-refractivity contribution >= 4 is 17.7 Å². The number of nitrogens with one attached hydrogen (secondary N) is 1. The van der Waals surface area contributed by atoms with Crippen LogP contribution in [0, 0.1) is 0 Å². The molecule has 1 atom stereocenters. The van der Waals surface area contributed by atoms with Gasteiger partial charge in [0.2, 0.25) is 5.91 Å². The lowest BCUT2D eigenvalue weighted by Crippen LogP contribution is -2.43. The van der Waals surface area contributed by atoms with Crippen LogP contribution in [0.4, 0.5) is 0 Å². The second kappa shape index (κ2) is 2.98. The molecule has 5 N–H and O–H groups in total. The second-order valence-electron chi connectivity index (χ2n) is 2.32. The molecule has 1 saturated heterocycles. The molecule has 0 aromatic heterocycles. The summed E-state index contributed by atoms with van der Waals surface area (Å²) in [7, 11) is 0. The van der Waals surface area contributed by atoms with E-state index in [-0.39, 0.29) is 0 Å². The predicted octanol–water partition coefficient (Wildman–Crippen LogP) is -2.18. The van der Waals surface area contributed by atoms with E-state index in [1.54, 1.807) is 0 Å². The quantitative estimate of drug-likeness (QED) is 0.385. The predicted molar refractivity (Wildman–Crippen MR) is 40.6 cm³/mol. The van der Waals surface area contributed by atoms with Gasteiger partial charge < -0.3 is 21.3 Å². The second-order valence-corrected chi connectivity index (χ2v) is 3.85. The fourth-order valence-corrected chi connectivity index (χ4v) is 1.82. The van der Waals surface area contributed by atoms with Crippen LogP contribution in [0.15, 0.2) is 0 Å². The fraction of sp³-hybridized carbons (Fsp3) is 0.800. The van der Waals surface area contributed by atoms with Crippen molar-refractivity contribution in [2.24, 2.45) is 5.73 Å². The van der Waals surface area contributed by atoms with Crippen molar-refractivity contribution in [3.8, 4) is 0 Å². The number of nitrogens with two attached hydrogens (primary N) is 1. The minimum absolute atomic E-state index is 0.395. The van der Waals surface area contributed by atoms with E-state index in [1.807, 2.05) is 0 Å². The highest BCUT2D eigenvalue weighted by Gasteiger charge is 2.45. The maximum Gasteiger partial charge on any atom is 0.242 e. The zero-order valence-corrected chi connectivity index (χ0v) is 6.60. The standard InChI is InChI=1S/C5H10N2O3S/c6-4-7-3(10)5(1-8,2-9)11-4/h4,8-9H,1-2,6H2,(H,7,10)/t4-/m1/s1. The van der Waals surface area contributed by atoms with Crippen molar-refractivity contribution in [1.82, 2.24) is 5.32 Å². The monoisotopic (exact) mass is 178 g/mol. The third-order valence-electron chi connectivity index (χ3n) is 1.55. The number of rotatable bonds is 2. The van der Waals surface area contributed by atoms with E-state index in [9.17, 15) is 4.79 Å². The van der Waals surface area contributed by atoms with Crippen molar-refractivity contribution in [3.63, 3.8) is 0 Å². The molecule has 5 nitrogen and oxygen atoms in total. The topological polar surface area (TPSA) is 95.6 Å². The van der Waals surface area contributed by atoms with Crippen LogP contribution >= 0.6 is 11.8 Å². The lowest BCUT2D eigenvalue weighted by atomic mass is 10.1. The Morgan fingerprint density at radius 1 is 1.64 bits per heavy atom. The Morgan fingerprint density at radius 2 is 2.18 bits per heavy atom. The van der Waals surface area contributed by atoms with Crippen molar-refractivity contribution in [1.29, 1.82) is 0 Å². The van der Waals surface area contributed by atoms with Gasteiger partial charge in [-0.3, -0.25) is 4.79 Å². The fourth-order valence-electron chi connectivity index (χ4n) is 0.855. The zero-order valence-electron chi connectivity index (χ0n) is 5.78. The number of aliphatic hydroxyl groups is 2. The third-order valence-corrected chi connectivity index (χ3v) is 2.82. The summed E-state index contributed by atoms with van der Waals surface area (Å²) < 4.78 is -1.14. The van der Waals surface area contributed by atoms with Crippen LogP contribution in [-0.2, 0) is 4.79 Å². The Morgan fingerprint density at radius 3 is 2.36 bits per heavy atom. The van der Waals surface area contributed by atoms with Crippen molar-refractivity contribution < 1.29 is 15.0 Å². The maximum atomic E-state index is 11.0. The molecule has 1 heterocycles. The van der Waals surface area contributed by atoms with Gasteiger partial charge >= 0.3 is 0 Å². The van der Waals surface area contributed by atoms with Crippen molar-refractivity contribution in [2.45, 2.75) is 10.2 Å². The van der Waals surface area contributed by atoms with Gasteiger partial charge in [0, 0.05) is 0 Å². The van der Waals surface area contributed by atoms with Crippen molar-refractivity contribution in [3.05, 3.63) is 0 Å². The Bertz CT molecular complexity index is 171. The first-order valence-corrected chi connectivity index (χ1v) is 3.99. The Hall–Kier alpha value is -0.300. The molecule has 1 amide bonds.